The topological polar surface area (TPSA) is 169 Å². The number of hydrogen-bond donors (Lipinski definition) is 7. The molecule has 4 rings (SSSR count). The fraction of sp³-hybridized carbons (Fsp3) is 0.400. The van der Waals surface area contributed by atoms with E-state index in [2.05, 4.69) is 0 Å². The van der Waals surface area contributed by atoms with Crippen LogP contribution in [0.2, 0.25) is 0 Å². The summed E-state index contributed by atoms with van der Waals surface area (Å²) in [6.45, 7) is -0.241. The molecule has 7 N–H and O–H groups in total. The van der Waals surface area contributed by atoms with E-state index in [0.29, 0.717) is 11.1 Å². The molecule has 10 heteroatoms. The second kappa shape index (κ2) is 7.82. The van der Waals surface area contributed by atoms with Gasteiger partial charge in [-0.3, -0.25) is 0 Å². The molecule has 2 heterocycles. The first-order valence-corrected chi connectivity index (χ1v) is 9.29. The van der Waals surface area contributed by atoms with Crippen molar-refractivity contribution in [3.05, 3.63) is 41.5 Å². The first-order chi connectivity index (χ1) is 14.2. The monoisotopic (exact) mass is 422 g/mol. The molecular formula is C20H22O10. The van der Waals surface area contributed by atoms with Gasteiger partial charge in [0, 0.05) is 24.1 Å². The van der Waals surface area contributed by atoms with Gasteiger partial charge in [-0.15, -0.1) is 0 Å². The van der Waals surface area contributed by atoms with Gasteiger partial charge in [0.05, 0.1) is 12.7 Å². The zero-order valence-corrected chi connectivity index (χ0v) is 15.6. The fourth-order valence-electron chi connectivity index (χ4n) is 3.54. The fourth-order valence-corrected chi connectivity index (χ4v) is 3.54. The average molecular weight is 422 g/mol. The van der Waals surface area contributed by atoms with Crippen LogP contribution in [0.5, 0.6) is 28.7 Å². The molecule has 2 aliphatic rings. The third kappa shape index (κ3) is 3.71. The summed E-state index contributed by atoms with van der Waals surface area (Å²) in [7, 11) is 0. The Bertz CT molecular complexity index is 932. The Kier molecular flexibility index (Phi) is 5.35. The van der Waals surface area contributed by atoms with Crippen LogP contribution in [0, 0.1) is 0 Å². The van der Waals surface area contributed by atoms with Crippen LogP contribution in [0.4, 0.5) is 0 Å². The van der Waals surface area contributed by atoms with Crippen molar-refractivity contribution in [2.24, 2.45) is 0 Å². The van der Waals surface area contributed by atoms with E-state index < -0.39 is 36.8 Å². The van der Waals surface area contributed by atoms with E-state index in [1.165, 1.54) is 30.3 Å². The Hall–Kier alpha value is -2.76. The molecule has 0 saturated carbocycles. The highest BCUT2D eigenvalue weighted by molar-refractivity contribution is 5.52. The molecule has 162 valence electrons. The summed E-state index contributed by atoms with van der Waals surface area (Å²) in [5.41, 5.74) is 0.757. The number of aliphatic hydroxyl groups excluding tert-OH is 4. The van der Waals surface area contributed by atoms with Crippen LogP contribution in [0.3, 0.4) is 0 Å². The van der Waals surface area contributed by atoms with E-state index in [0.717, 1.165) is 0 Å². The lowest BCUT2D eigenvalue weighted by molar-refractivity contribution is -0.242. The molecule has 0 radical (unpaired) electrons. The van der Waals surface area contributed by atoms with Crippen LogP contribution in [-0.4, -0.2) is 73.1 Å². The van der Waals surface area contributed by atoms with Crippen LogP contribution in [0.25, 0.3) is 0 Å². The minimum atomic E-state index is -1.51. The van der Waals surface area contributed by atoms with Crippen LogP contribution >= 0.6 is 0 Å². The van der Waals surface area contributed by atoms with Crippen molar-refractivity contribution in [1.82, 2.24) is 0 Å². The predicted molar refractivity (Wildman–Crippen MR) is 99.3 cm³/mol. The number of aromatic hydroxyl groups is 3. The van der Waals surface area contributed by atoms with E-state index in [1.807, 2.05) is 0 Å². The van der Waals surface area contributed by atoms with Gasteiger partial charge in [0.15, 0.2) is 11.5 Å². The number of phenols is 3. The quantitative estimate of drug-likeness (QED) is 0.325. The minimum absolute atomic E-state index is 0.0568. The maximum absolute atomic E-state index is 10.5. The summed E-state index contributed by atoms with van der Waals surface area (Å²) in [6, 6.07) is 6.73. The van der Waals surface area contributed by atoms with E-state index in [1.54, 1.807) is 0 Å². The number of rotatable bonds is 3. The summed E-state index contributed by atoms with van der Waals surface area (Å²) in [5.74, 6) is -0.602. The van der Waals surface area contributed by atoms with Gasteiger partial charge in [-0.05, 0) is 17.7 Å². The minimum Gasteiger partial charge on any atom is -0.507 e. The first-order valence-electron chi connectivity index (χ1n) is 9.29. The van der Waals surface area contributed by atoms with Crippen LogP contribution in [-0.2, 0) is 11.2 Å². The largest absolute Gasteiger partial charge is 0.507 e. The van der Waals surface area contributed by atoms with E-state index in [4.69, 9.17) is 14.2 Å². The smallest absolute Gasteiger partial charge is 0.228 e. The Balaban J connectivity index is 1.58. The molecule has 1 saturated heterocycles. The van der Waals surface area contributed by atoms with Gasteiger partial charge in [0.2, 0.25) is 6.29 Å². The zero-order chi connectivity index (χ0) is 21.6. The van der Waals surface area contributed by atoms with Gasteiger partial charge in [-0.2, -0.15) is 0 Å². The van der Waals surface area contributed by atoms with Gasteiger partial charge in [-0.1, -0.05) is 6.07 Å². The molecule has 0 amide bonds. The van der Waals surface area contributed by atoms with Crippen molar-refractivity contribution in [2.45, 2.75) is 43.2 Å². The lowest BCUT2D eigenvalue weighted by atomic mass is 9.94. The number of aliphatic hydroxyl groups is 4. The summed E-state index contributed by atoms with van der Waals surface area (Å²) in [6.07, 6.45) is -7.34. The maximum Gasteiger partial charge on any atom is 0.228 e. The normalized spacial score (nSPS) is 30.9. The molecule has 30 heavy (non-hydrogen) atoms. The third-order valence-corrected chi connectivity index (χ3v) is 5.21. The van der Waals surface area contributed by atoms with E-state index >= 15 is 0 Å². The van der Waals surface area contributed by atoms with Crippen LogP contribution in [0.15, 0.2) is 30.3 Å². The molecule has 0 aromatic heterocycles. The molecule has 6 atom stereocenters. The highest BCUT2D eigenvalue weighted by atomic mass is 16.7. The van der Waals surface area contributed by atoms with Crippen molar-refractivity contribution < 1.29 is 50.0 Å². The SMILES string of the molecule is Oc1ccc([C@@H]2Oc3cc(O[C@@H]4OC[C@@H](O)[C@@H](O)[C@@H]4O)cc(O)c3C[C@@H]2O)cc1O. The second-order valence-electron chi connectivity index (χ2n) is 7.35. The van der Waals surface area contributed by atoms with Crippen LogP contribution < -0.4 is 9.47 Å². The highest BCUT2D eigenvalue weighted by Crippen LogP contribution is 2.43. The van der Waals surface area contributed by atoms with E-state index in [9.17, 15) is 35.7 Å². The van der Waals surface area contributed by atoms with Gasteiger partial charge in [0.25, 0.3) is 0 Å². The summed E-state index contributed by atoms with van der Waals surface area (Å²) in [5, 5.41) is 69.3. The molecular weight excluding hydrogens is 400 g/mol. The average Bonchev–Trinajstić information content (AvgIpc) is 2.71. The number of hydrogen-bond acceptors (Lipinski definition) is 10. The Labute approximate surface area is 170 Å². The molecule has 1 fully saturated rings. The summed E-state index contributed by atoms with van der Waals surface area (Å²) in [4.78, 5) is 0. The maximum atomic E-state index is 10.5. The predicted octanol–water partition coefficient (Wildman–Crippen LogP) is -0.342. The number of ether oxygens (including phenoxy) is 3. The standard InChI is InChI=1S/C20H22O10/c21-11-2-1-8(3-13(11)23)19-14(24)6-10-12(22)4-9(5-16(10)30-19)29-20-18(27)17(26)15(25)7-28-20/h1-5,14-15,17-27H,6-7H2/t14-,15+,17+,18-,19-,20-/m0/s1. The van der Waals surface area contributed by atoms with Crippen molar-refractivity contribution in [1.29, 1.82) is 0 Å². The Morgan fingerprint density at radius 3 is 2.33 bits per heavy atom. The van der Waals surface area contributed by atoms with Crippen molar-refractivity contribution in [3.8, 4) is 28.7 Å². The molecule has 2 aliphatic heterocycles. The molecule has 2 aromatic carbocycles. The van der Waals surface area contributed by atoms with Gasteiger partial charge >= 0.3 is 0 Å². The van der Waals surface area contributed by atoms with Crippen molar-refractivity contribution >= 4 is 0 Å². The molecule has 0 aliphatic carbocycles. The van der Waals surface area contributed by atoms with Crippen LogP contribution in [0.1, 0.15) is 17.2 Å². The van der Waals surface area contributed by atoms with Gasteiger partial charge < -0.3 is 50.0 Å². The number of fused-ring (bicyclic) bond motifs is 1. The van der Waals surface area contributed by atoms with Crippen molar-refractivity contribution in [2.75, 3.05) is 6.61 Å². The summed E-state index contributed by atoms with van der Waals surface area (Å²) >= 11 is 0. The third-order valence-electron chi connectivity index (χ3n) is 5.21. The first kappa shape index (κ1) is 20.5. The Morgan fingerprint density at radius 1 is 0.833 bits per heavy atom. The molecule has 2 aromatic rings. The van der Waals surface area contributed by atoms with Crippen molar-refractivity contribution in [3.63, 3.8) is 0 Å². The summed E-state index contributed by atoms with van der Waals surface area (Å²) < 4.78 is 16.5. The van der Waals surface area contributed by atoms with Gasteiger partial charge in [-0.25, -0.2) is 0 Å². The zero-order valence-electron chi connectivity index (χ0n) is 15.6. The molecule has 0 spiro atoms. The molecule has 0 bridgehead atoms. The number of phenolic OH excluding ortho intramolecular Hbond substituents is 3. The lowest BCUT2D eigenvalue weighted by Gasteiger charge is -2.35. The van der Waals surface area contributed by atoms with Gasteiger partial charge in [0.1, 0.15) is 41.7 Å². The highest BCUT2D eigenvalue weighted by Gasteiger charge is 2.39. The Morgan fingerprint density at radius 2 is 1.60 bits per heavy atom. The number of benzene rings is 2. The molecule has 0 unspecified atom stereocenters. The molecule has 10 nitrogen and oxygen atoms in total. The second-order valence-corrected chi connectivity index (χ2v) is 7.35. The van der Waals surface area contributed by atoms with E-state index in [-0.39, 0.29) is 41.8 Å². The lowest BCUT2D eigenvalue weighted by Crippen LogP contribution is -2.54.